The molecule has 6 heteroatoms. The molecule has 1 heterocycles. The molecule has 0 aliphatic heterocycles. The molecule has 0 radical (unpaired) electrons. The van der Waals surface area contributed by atoms with Gasteiger partial charge in [0.15, 0.2) is 5.11 Å². The molecule has 0 bridgehead atoms. The van der Waals surface area contributed by atoms with E-state index in [4.69, 9.17) is 16.6 Å². The van der Waals surface area contributed by atoms with Crippen molar-refractivity contribution in [2.24, 2.45) is 0 Å². The van der Waals surface area contributed by atoms with Crippen molar-refractivity contribution in [2.45, 2.75) is 13.3 Å². The summed E-state index contributed by atoms with van der Waals surface area (Å²) >= 11 is 5.05. The number of phenolic OH excluding ortho intramolecular Hbond substituents is 1. The zero-order chi connectivity index (χ0) is 15.9. The average molecular weight is 316 g/mol. The van der Waals surface area contributed by atoms with Gasteiger partial charge in [0.25, 0.3) is 0 Å². The zero-order valence-corrected chi connectivity index (χ0v) is 12.8. The van der Waals surface area contributed by atoms with Crippen molar-refractivity contribution in [3.63, 3.8) is 0 Å². The Morgan fingerprint density at radius 2 is 2.23 bits per heavy atom. The number of aromatic hydroxyl groups is 1. The maximum absolute atomic E-state index is 11.7. The molecule has 0 spiro atoms. The van der Waals surface area contributed by atoms with Crippen molar-refractivity contribution in [3.05, 3.63) is 54.0 Å². The molecule has 0 saturated heterocycles. The van der Waals surface area contributed by atoms with E-state index in [9.17, 15) is 9.90 Å². The summed E-state index contributed by atoms with van der Waals surface area (Å²) in [6, 6.07) is 8.66. The minimum absolute atomic E-state index is 0.0694. The third kappa shape index (κ3) is 4.46. The number of amides is 1. The Bertz CT molecular complexity index is 693. The molecule has 22 heavy (non-hydrogen) atoms. The SMILES string of the molecule is CCc1ccc(O)c(NC(=S)NC(=O)/C=C/c2ccco2)c1. The van der Waals surface area contributed by atoms with Crippen LogP contribution in [0.1, 0.15) is 18.2 Å². The summed E-state index contributed by atoms with van der Waals surface area (Å²) < 4.78 is 5.08. The van der Waals surface area contributed by atoms with E-state index in [1.807, 2.05) is 13.0 Å². The number of hydrogen-bond acceptors (Lipinski definition) is 4. The predicted octanol–water partition coefficient (Wildman–Crippen LogP) is 3.07. The molecule has 0 fully saturated rings. The number of nitrogens with one attached hydrogen (secondary N) is 2. The van der Waals surface area contributed by atoms with Crippen molar-refractivity contribution in [3.8, 4) is 5.75 Å². The Labute approximate surface area is 133 Å². The van der Waals surface area contributed by atoms with Gasteiger partial charge in [-0.25, -0.2) is 0 Å². The number of hydrogen-bond donors (Lipinski definition) is 3. The van der Waals surface area contributed by atoms with E-state index in [1.54, 1.807) is 24.3 Å². The maximum Gasteiger partial charge on any atom is 0.250 e. The summed E-state index contributed by atoms with van der Waals surface area (Å²) in [7, 11) is 0. The number of thiocarbonyl (C=S) groups is 1. The number of benzene rings is 1. The fourth-order valence-corrected chi connectivity index (χ4v) is 1.96. The van der Waals surface area contributed by atoms with E-state index in [1.165, 1.54) is 18.4 Å². The van der Waals surface area contributed by atoms with Crippen LogP contribution < -0.4 is 10.6 Å². The smallest absolute Gasteiger partial charge is 0.250 e. The Balaban J connectivity index is 1.94. The monoisotopic (exact) mass is 316 g/mol. The summed E-state index contributed by atoms with van der Waals surface area (Å²) in [4.78, 5) is 11.7. The first-order valence-electron chi connectivity index (χ1n) is 6.74. The van der Waals surface area contributed by atoms with Crippen LogP contribution in [0.5, 0.6) is 5.75 Å². The lowest BCUT2D eigenvalue weighted by atomic mass is 10.1. The fourth-order valence-electron chi connectivity index (χ4n) is 1.75. The Morgan fingerprint density at radius 1 is 1.41 bits per heavy atom. The first kappa shape index (κ1) is 15.8. The lowest BCUT2D eigenvalue weighted by Crippen LogP contribution is -2.32. The van der Waals surface area contributed by atoms with E-state index >= 15 is 0 Å². The molecule has 1 aromatic heterocycles. The molecule has 1 aromatic carbocycles. The Kier molecular flexibility index (Phi) is 5.32. The fraction of sp³-hybridized carbons (Fsp3) is 0.125. The maximum atomic E-state index is 11.7. The summed E-state index contributed by atoms with van der Waals surface area (Å²) in [5, 5.41) is 15.2. The molecule has 0 unspecified atom stereocenters. The molecule has 5 nitrogen and oxygen atoms in total. The van der Waals surface area contributed by atoms with Gasteiger partial charge in [-0.1, -0.05) is 13.0 Å². The van der Waals surface area contributed by atoms with Gasteiger partial charge in [-0.15, -0.1) is 0 Å². The van der Waals surface area contributed by atoms with Gasteiger partial charge in [-0.05, 0) is 54.5 Å². The highest BCUT2D eigenvalue weighted by atomic mass is 32.1. The summed E-state index contributed by atoms with van der Waals surface area (Å²) in [6.07, 6.45) is 5.20. The van der Waals surface area contributed by atoms with Crippen LogP contribution >= 0.6 is 12.2 Å². The second kappa shape index (κ2) is 7.42. The Hall–Kier alpha value is -2.60. The molecule has 0 atom stereocenters. The molecule has 1 amide bonds. The van der Waals surface area contributed by atoms with Gasteiger partial charge in [0, 0.05) is 6.08 Å². The number of furan rings is 1. The van der Waals surface area contributed by atoms with Crippen LogP contribution in [0, 0.1) is 0 Å². The Morgan fingerprint density at radius 3 is 2.91 bits per heavy atom. The van der Waals surface area contributed by atoms with E-state index in [-0.39, 0.29) is 16.8 Å². The highest BCUT2D eigenvalue weighted by Gasteiger charge is 2.06. The molecule has 0 saturated carbocycles. The summed E-state index contributed by atoms with van der Waals surface area (Å²) in [5.74, 6) is 0.252. The van der Waals surface area contributed by atoms with Crippen LogP contribution in [0.3, 0.4) is 0 Å². The van der Waals surface area contributed by atoms with Gasteiger partial charge in [0.1, 0.15) is 11.5 Å². The number of anilines is 1. The number of rotatable bonds is 4. The van der Waals surface area contributed by atoms with Crippen molar-refractivity contribution in [1.29, 1.82) is 0 Å². The second-order valence-corrected chi connectivity index (χ2v) is 4.91. The molecule has 2 aromatic rings. The van der Waals surface area contributed by atoms with Crippen molar-refractivity contribution < 1.29 is 14.3 Å². The van der Waals surface area contributed by atoms with Crippen LogP contribution in [-0.4, -0.2) is 16.1 Å². The number of carbonyl (C=O) groups is 1. The van der Waals surface area contributed by atoms with Crippen molar-refractivity contribution in [2.75, 3.05) is 5.32 Å². The number of phenols is 1. The molecule has 114 valence electrons. The average Bonchev–Trinajstić information content (AvgIpc) is 3.00. The lowest BCUT2D eigenvalue weighted by molar-refractivity contribution is -0.115. The van der Waals surface area contributed by atoms with Gasteiger partial charge < -0.3 is 14.8 Å². The molecular weight excluding hydrogens is 300 g/mol. The van der Waals surface area contributed by atoms with Gasteiger partial charge >= 0.3 is 0 Å². The largest absolute Gasteiger partial charge is 0.506 e. The van der Waals surface area contributed by atoms with Gasteiger partial charge in [-0.3, -0.25) is 10.1 Å². The lowest BCUT2D eigenvalue weighted by Gasteiger charge is -2.11. The molecule has 0 aliphatic carbocycles. The normalized spacial score (nSPS) is 10.6. The highest BCUT2D eigenvalue weighted by Crippen LogP contribution is 2.24. The number of aryl methyl sites for hydroxylation is 1. The van der Waals surface area contributed by atoms with Crippen LogP contribution in [0.15, 0.2) is 47.1 Å². The van der Waals surface area contributed by atoms with Crippen LogP contribution in [0.25, 0.3) is 6.08 Å². The quantitative estimate of drug-likeness (QED) is 0.459. The minimum Gasteiger partial charge on any atom is -0.506 e. The van der Waals surface area contributed by atoms with E-state index < -0.39 is 0 Å². The summed E-state index contributed by atoms with van der Waals surface area (Å²) in [5.41, 5.74) is 1.51. The van der Waals surface area contributed by atoms with E-state index in [2.05, 4.69) is 10.6 Å². The van der Waals surface area contributed by atoms with Crippen LogP contribution in [0.2, 0.25) is 0 Å². The first-order chi connectivity index (χ1) is 10.6. The van der Waals surface area contributed by atoms with E-state index in [0.717, 1.165) is 12.0 Å². The highest BCUT2D eigenvalue weighted by molar-refractivity contribution is 7.80. The predicted molar refractivity (Wildman–Crippen MR) is 89.6 cm³/mol. The first-order valence-corrected chi connectivity index (χ1v) is 7.14. The van der Waals surface area contributed by atoms with Gasteiger partial charge in [-0.2, -0.15) is 0 Å². The number of carbonyl (C=O) groups excluding carboxylic acids is 1. The van der Waals surface area contributed by atoms with E-state index in [0.29, 0.717) is 11.4 Å². The van der Waals surface area contributed by atoms with Crippen molar-refractivity contribution >= 4 is 35.0 Å². The molecule has 3 N–H and O–H groups in total. The molecule has 0 aliphatic rings. The molecular formula is C16H16N2O3S. The van der Waals surface area contributed by atoms with Crippen LogP contribution in [0.4, 0.5) is 5.69 Å². The standard InChI is InChI=1S/C16H16N2O3S/c1-2-11-5-7-14(19)13(10-11)17-16(22)18-15(20)8-6-12-4-3-9-21-12/h3-10,19H,2H2,1H3,(H2,17,18,20,22)/b8-6+. The summed E-state index contributed by atoms with van der Waals surface area (Å²) in [6.45, 7) is 2.01. The second-order valence-electron chi connectivity index (χ2n) is 4.50. The van der Waals surface area contributed by atoms with Crippen molar-refractivity contribution in [1.82, 2.24) is 5.32 Å². The van der Waals surface area contributed by atoms with Gasteiger partial charge in [0.05, 0.1) is 12.0 Å². The zero-order valence-electron chi connectivity index (χ0n) is 12.0. The third-order valence-corrected chi connectivity index (χ3v) is 3.10. The van der Waals surface area contributed by atoms with Crippen LogP contribution in [-0.2, 0) is 11.2 Å². The topological polar surface area (TPSA) is 74.5 Å². The van der Waals surface area contributed by atoms with Gasteiger partial charge in [0.2, 0.25) is 5.91 Å². The minimum atomic E-state index is -0.389. The molecule has 2 rings (SSSR count). The third-order valence-electron chi connectivity index (χ3n) is 2.90.